The number of thiophene rings is 1. The van der Waals surface area contributed by atoms with Crippen molar-refractivity contribution in [1.82, 2.24) is 10.3 Å². The summed E-state index contributed by atoms with van der Waals surface area (Å²) >= 11 is 7.12. The van der Waals surface area contributed by atoms with Crippen LogP contribution in [0.4, 0.5) is 9.39 Å². The number of halogens is 2. The summed E-state index contributed by atoms with van der Waals surface area (Å²) in [4.78, 5) is 30.0. The fourth-order valence-corrected chi connectivity index (χ4v) is 4.92. The minimum Gasteiger partial charge on any atom is -0.474 e. The highest BCUT2D eigenvalue weighted by Gasteiger charge is 2.19. The molecule has 9 heteroatoms. The number of benzene rings is 1. The molecule has 172 valence electrons. The molecule has 0 bridgehead atoms. The van der Waals surface area contributed by atoms with Gasteiger partial charge in [-0.2, -0.15) is 0 Å². The Morgan fingerprint density at radius 1 is 1.18 bits per heavy atom. The van der Waals surface area contributed by atoms with Crippen molar-refractivity contribution in [2.75, 3.05) is 5.32 Å². The summed E-state index contributed by atoms with van der Waals surface area (Å²) in [5.41, 5.74) is 1.78. The molecular formula is C24H23ClFN3O3S. The van der Waals surface area contributed by atoms with E-state index in [0.717, 1.165) is 41.4 Å². The first kappa shape index (κ1) is 23.2. The number of hydrogen-bond donors (Lipinski definition) is 2. The minimum absolute atomic E-state index is 0.0207. The summed E-state index contributed by atoms with van der Waals surface area (Å²) in [6.45, 7) is 2.12. The molecule has 0 atom stereocenters. The summed E-state index contributed by atoms with van der Waals surface area (Å²) in [6, 6.07) is 8.97. The van der Waals surface area contributed by atoms with E-state index in [4.69, 9.17) is 16.3 Å². The number of amides is 2. The Morgan fingerprint density at radius 3 is 2.73 bits per heavy atom. The van der Waals surface area contributed by atoms with Crippen molar-refractivity contribution in [3.63, 3.8) is 0 Å². The van der Waals surface area contributed by atoms with Crippen molar-refractivity contribution in [2.24, 2.45) is 0 Å². The Labute approximate surface area is 200 Å². The van der Waals surface area contributed by atoms with Crippen LogP contribution in [0.15, 0.2) is 42.6 Å². The Morgan fingerprint density at radius 2 is 1.97 bits per heavy atom. The SMILES string of the molecule is Cc1cc(NC(=O)c2ccc(F)cc2Cl)sc1C(=O)NCc1ccnc(OC2CCCC2)c1. The molecule has 3 aromatic rings. The summed E-state index contributed by atoms with van der Waals surface area (Å²) in [5, 5.41) is 6.14. The van der Waals surface area contributed by atoms with E-state index in [1.54, 1.807) is 19.2 Å². The topological polar surface area (TPSA) is 80.3 Å². The molecule has 2 aromatic heterocycles. The summed E-state index contributed by atoms with van der Waals surface area (Å²) < 4.78 is 19.1. The molecule has 0 saturated heterocycles. The number of carbonyl (C=O) groups excluding carboxylic acids is 2. The molecule has 1 fully saturated rings. The van der Waals surface area contributed by atoms with Crippen molar-refractivity contribution < 1.29 is 18.7 Å². The highest BCUT2D eigenvalue weighted by molar-refractivity contribution is 7.18. The van der Waals surface area contributed by atoms with Crippen LogP contribution in [0.5, 0.6) is 5.88 Å². The maximum Gasteiger partial charge on any atom is 0.261 e. The molecule has 1 saturated carbocycles. The molecule has 1 aromatic carbocycles. The lowest BCUT2D eigenvalue weighted by Crippen LogP contribution is -2.22. The van der Waals surface area contributed by atoms with Gasteiger partial charge < -0.3 is 15.4 Å². The van der Waals surface area contributed by atoms with Crippen LogP contribution in [-0.2, 0) is 6.54 Å². The van der Waals surface area contributed by atoms with Crippen LogP contribution in [-0.4, -0.2) is 22.9 Å². The lowest BCUT2D eigenvalue weighted by molar-refractivity contribution is 0.0953. The van der Waals surface area contributed by atoms with Gasteiger partial charge in [-0.15, -0.1) is 11.3 Å². The molecule has 2 N–H and O–H groups in total. The first-order chi connectivity index (χ1) is 15.9. The van der Waals surface area contributed by atoms with E-state index in [9.17, 15) is 14.0 Å². The zero-order chi connectivity index (χ0) is 23.4. The van der Waals surface area contributed by atoms with Crippen molar-refractivity contribution in [2.45, 2.75) is 45.3 Å². The third-order valence-electron chi connectivity index (χ3n) is 5.38. The van der Waals surface area contributed by atoms with Crippen LogP contribution in [0.3, 0.4) is 0 Å². The van der Waals surface area contributed by atoms with Crippen LogP contribution in [0.25, 0.3) is 0 Å². The number of ether oxygens (including phenoxy) is 1. The van der Waals surface area contributed by atoms with Gasteiger partial charge in [0.25, 0.3) is 11.8 Å². The number of nitrogens with zero attached hydrogens (tertiary/aromatic N) is 1. The van der Waals surface area contributed by atoms with Gasteiger partial charge in [-0.1, -0.05) is 11.6 Å². The molecule has 33 heavy (non-hydrogen) atoms. The van der Waals surface area contributed by atoms with Crippen LogP contribution in [0.1, 0.15) is 56.8 Å². The summed E-state index contributed by atoms with van der Waals surface area (Å²) in [7, 11) is 0. The quantitative estimate of drug-likeness (QED) is 0.445. The molecular weight excluding hydrogens is 465 g/mol. The van der Waals surface area contributed by atoms with E-state index >= 15 is 0 Å². The number of aromatic nitrogens is 1. The van der Waals surface area contributed by atoms with E-state index in [1.165, 1.54) is 25.0 Å². The predicted molar refractivity (Wildman–Crippen MR) is 127 cm³/mol. The third-order valence-corrected chi connectivity index (χ3v) is 6.84. The third kappa shape index (κ3) is 5.89. The van der Waals surface area contributed by atoms with E-state index in [0.29, 0.717) is 22.3 Å². The second-order valence-corrected chi connectivity index (χ2v) is 9.37. The molecule has 0 aliphatic heterocycles. The maximum atomic E-state index is 13.2. The van der Waals surface area contributed by atoms with Gasteiger partial charge in [0.15, 0.2) is 0 Å². The maximum absolute atomic E-state index is 13.2. The Balaban J connectivity index is 1.37. The van der Waals surface area contributed by atoms with Gasteiger partial charge in [0.2, 0.25) is 5.88 Å². The van der Waals surface area contributed by atoms with Gasteiger partial charge in [-0.25, -0.2) is 9.37 Å². The van der Waals surface area contributed by atoms with Crippen LogP contribution in [0, 0.1) is 12.7 Å². The Hall–Kier alpha value is -2.97. The lowest BCUT2D eigenvalue weighted by atomic mass is 10.2. The van der Waals surface area contributed by atoms with E-state index < -0.39 is 11.7 Å². The fourth-order valence-electron chi connectivity index (χ4n) is 3.69. The molecule has 6 nitrogen and oxygen atoms in total. The van der Waals surface area contributed by atoms with Gasteiger partial charge in [0.1, 0.15) is 11.9 Å². The molecule has 1 aliphatic carbocycles. The standard InChI is InChI=1S/C24H23ClFN3O3S/c1-14-10-21(29-23(30)18-7-6-16(26)12-19(18)25)33-22(14)24(31)28-13-15-8-9-27-20(11-15)32-17-4-2-3-5-17/h6-12,17H,2-5,13H2,1H3,(H,28,31)(H,29,30). The van der Waals surface area contributed by atoms with E-state index in [2.05, 4.69) is 15.6 Å². The normalized spacial score (nSPS) is 13.7. The summed E-state index contributed by atoms with van der Waals surface area (Å²) in [6.07, 6.45) is 6.35. The van der Waals surface area contributed by atoms with Gasteiger partial charge in [0, 0.05) is 18.8 Å². The first-order valence-corrected chi connectivity index (χ1v) is 11.8. The molecule has 1 aliphatic rings. The largest absolute Gasteiger partial charge is 0.474 e. The number of anilines is 1. The molecule has 0 radical (unpaired) electrons. The summed E-state index contributed by atoms with van der Waals surface area (Å²) in [5.74, 6) is -0.660. The lowest BCUT2D eigenvalue weighted by Gasteiger charge is -2.13. The minimum atomic E-state index is -0.520. The second kappa shape index (κ2) is 10.3. The average Bonchev–Trinajstić information content (AvgIpc) is 3.41. The number of nitrogens with one attached hydrogen (secondary N) is 2. The fraction of sp³-hybridized carbons (Fsp3) is 0.292. The van der Waals surface area contributed by atoms with Gasteiger partial charge in [0.05, 0.1) is 20.5 Å². The van der Waals surface area contributed by atoms with E-state index in [-0.39, 0.29) is 22.6 Å². The average molecular weight is 488 g/mol. The number of hydrogen-bond acceptors (Lipinski definition) is 5. The Bertz CT molecular complexity index is 1180. The highest BCUT2D eigenvalue weighted by Crippen LogP contribution is 2.28. The van der Waals surface area contributed by atoms with Crippen LogP contribution in [0.2, 0.25) is 5.02 Å². The van der Waals surface area contributed by atoms with E-state index in [1.807, 2.05) is 12.1 Å². The number of rotatable bonds is 7. The molecule has 0 spiro atoms. The number of carbonyl (C=O) groups is 2. The second-order valence-electron chi connectivity index (χ2n) is 7.91. The van der Waals surface area contributed by atoms with Gasteiger partial charge in [-0.05, 0) is 74.1 Å². The number of aryl methyl sites for hydroxylation is 1. The first-order valence-electron chi connectivity index (χ1n) is 10.7. The smallest absolute Gasteiger partial charge is 0.261 e. The van der Waals surface area contributed by atoms with Crippen molar-refractivity contribution in [1.29, 1.82) is 0 Å². The zero-order valence-electron chi connectivity index (χ0n) is 18.0. The molecule has 0 unspecified atom stereocenters. The Kier molecular flexibility index (Phi) is 7.25. The molecule has 2 heterocycles. The van der Waals surface area contributed by atoms with Crippen LogP contribution >= 0.6 is 22.9 Å². The van der Waals surface area contributed by atoms with Crippen molar-refractivity contribution in [3.8, 4) is 5.88 Å². The van der Waals surface area contributed by atoms with Crippen molar-refractivity contribution >= 4 is 39.8 Å². The molecule has 2 amide bonds. The highest BCUT2D eigenvalue weighted by atomic mass is 35.5. The zero-order valence-corrected chi connectivity index (χ0v) is 19.6. The van der Waals surface area contributed by atoms with Crippen LogP contribution < -0.4 is 15.4 Å². The van der Waals surface area contributed by atoms with Gasteiger partial charge in [-0.3, -0.25) is 9.59 Å². The van der Waals surface area contributed by atoms with Gasteiger partial charge >= 0.3 is 0 Å². The monoisotopic (exact) mass is 487 g/mol. The predicted octanol–water partition coefficient (Wildman–Crippen LogP) is 5.75. The van der Waals surface area contributed by atoms with Crippen molar-refractivity contribution in [3.05, 3.63) is 75.0 Å². The molecule has 4 rings (SSSR count). The number of pyridine rings is 1.